The van der Waals surface area contributed by atoms with Gasteiger partial charge < -0.3 is 4.42 Å². The van der Waals surface area contributed by atoms with Gasteiger partial charge in [-0.1, -0.05) is 48.5 Å². The molecule has 0 spiro atoms. The molecule has 2 heterocycles. The van der Waals surface area contributed by atoms with E-state index in [0.717, 1.165) is 34.0 Å². The minimum Gasteiger partial charge on any atom is -0.448 e. The van der Waals surface area contributed by atoms with Gasteiger partial charge in [0.25, 0.3) is 0 Å². The van der Waals surface area contributed by atoms with E-state index < -0.39 is 0 Å². The first-order valence-corrected chi connectivity index (χ1v) is 8.49. The van der Waals surface area contributed by atoms with Gasteiger partial charge in [0, 0.05) is 5.56 Å². The van der Waals surface area contributed by atoms with Crippen LogP contribution in [0.5, 0.6) is 0 Å². The highest BCUT2D eigenvalue weighted by Gasteiger charge is 2.21. The lowest BCUT2D eigenvalue weighted by Gasteiger charge is -2.08. The molecule has 0 unspecified atom stereocenters. The third-order valence-corrected chi connectivity index (χ3v) is 4.36. The number of aromatic nitrogens is 2. The lowest BCUT2D eigenvalue weighted by molar-refractivity contribution is 0.551. The lowest BCUT2D eigenvalue weighted by atomic mass is 10.0. The van der Waals surface area contributed by atoms with E-state index in [1.54, 1.807) is 0 Å². The summed E-state index contributed by atoms with van der Waals surface area (Å²) in [7, 11) is 0. The predicted molar refractivity (Wildman–Crippen MR) is 99.1 cm³/mol. The molecule has 0 N–H and O–H groups in total. The van der Waals surface area contributed by atoms with Crippen LogP contribution in [0.3, 0.4) is 0 Å². The lowest BCUT2D eigenvalue weighted by Crippen LogP contribution is -1.98. The van der Waals surface area contributed by atoms with Crippen LogP contribution < -0.4 is 0 Å². The molecule has 4 heteroatoms. The van der Waals surface area contributed by atoms with Gasteiger partial charge in [0.1, 0.15) is 5.69 Å². The summed E-state index contributed by atoms with van der Waals surface area (Å²) in [5, 5.41) is 4.78. The highest BCUT2D eigenvalue weighted by atomic mass is 79.9. The van der Waals surface area contributed by atoms with Crippen molar-refractivity contribution in [3.63, 3.8) is 0 Å². The summed E-state index contributed by atoms with van der Waals surface area (Å²) in [6.07, 6.45) is 0. The van der Waals surface area contributed by atoms with Gasteiger partial charge in [-0.05, 0) is 52.7 Å². The van der Waals surface area contributed by atoms with Crippen molar-refractivity contribution in [3.8, 4) is 28.3 Å². The number of aryl methyl sites for hydroxylation is 1. The fraction of sp³-hybridized carbons (Fsp3) is 0.0500. The van der Waals surface area contributed by atoms with E-state index in [-0.39, 0.29) is 0 Å². The average Bonchev–Trinajstić information content (AvgIpc) is 3.19. The summed E-state index contributed by atoms with van der Waals surface area (Å²) in [5.74, 6) is 0.783. The zero-order valence-corrected chi connectivity index (χ0v) is 14.7. The second kappa shape index (κ2) is 6.13. The SMILES string of the molecule is Cc1nn(-c2ccccc2)c(-c2ccc(Br)o2)c1-c1ccccc1. The largest absolute Gasteiger partial charge is 0.448 e. The molecule has 2 aromatic heterocycles. The summed E-state index contributed by atoms with van der Waals surface area (Å²) in [6, 6.07) is 24.3. The number of hydrogen-bond acceptors (Lipinski definition) is 2. The molecule has 2 aromatic carbocycles. The minimum atomic E-state index is 0.704. The van der Waals surface area contributed by atoms with Crippen LogP contribution >= 0.6 is 15.9 Å². The third kappa shape index (κ3) is 2.59. The maximum Gasteiger partial charge on any atom is 0.169 e. The molecule has 0 bridgehead atoms. The zero-order chi connectivity index (χ0) is 16.5. The highest BCUT2D eigenvalue weighted by molar-refractivity contribution is 9.10. The molecule has 0 radical (unpaired) electrons. The molecule has 24 heavy (non-hydrogen) atoms. The Balaban J connectivity index is 2.03. The van der Waals surface area contributed by atoms with Crippen molar-refractivity contribution in [1.82, 2.24) is 9.78 Å². The summed E-state index contributed by atoms with van der Waals surface area (Å²) in [5.41, 5.74) is 5.13. The quantitative estimate of drug-likeness (QED) is 0.446. The Labute approximate surface area is 148 Å². The fourth-order valence-electron chi connectivity index (χ4n) is 2.90. The van der Waals surface area contributed by atoms with Crippen LogP contribution in [0, 0.1) is 6.92 Å². The molecule has 118 valence electrons. The van der Waals surface area contributed by atoms with Gasteiger partial charge in [-0.15, -0.1) is 0 Å². The van der Waals surface area contributed by atoms with Crippen LogP contribution in [-0.2, 0) is 0 Å². The van der Waals surface area contributed by atoms with Gasteiger partial charge in [0.05, 0.1) is 11.4 Å². The van der Waals surface area contributed by atoms with Crippen LogP contribution in [0.2, 0.25) is 0 Å². The van der Waals surface area contributed by atoms with Crippen molar-refractivity contribution in [1.29, 1.82) is 0 Å². The first-order chi connectivity index (χ1) is 11.7. The van der Waals surface area contributed by atoms with Gasteiger partial charge >= 0.3 is 0 Å². The topological polar surface area (TPSA) is 31.0 Å². The maximum atomic E-state index is 5.86. The third-order valence-electron chi connectivity index (χ3n) is 3.93. The molecule has 0 aliphatic rings. The van der Waals surface area contributed by atoms with E-state index in [1.165, 1.54) is 0 Å². The molecule has 0 saturated heterocycles. The molecule has 4 rings (SSSR count). The summed E-state index contributed by atoms with van der Waals surface area (Å²) >= 11 is 3.40. The molecular formula is C20H15BrN2O. The number of hydrogen-bond donors (Lipinski definition) is 0. The normalized spacial score (nSPS) is 10.9. The van der Waals surface area contributed by atoms with E-state index in [2.05, 4.69) is 28.1 Å². The molecule has 0 fully saturated rings. The van der Waals surface area contributed by atoms with Crippen molar-refractivity contribution in [2.75, 3.05) is 0 Å². The summed E-state index contributed by atoms with van der Waals surface area (Å²) < 4.78 is 8.51. The second-order valence-electron chi connectivity index (χ2n) is 5.53. The minimum absolute atomic E-state index is 0.704. The molecule has 0 aliphatic heterocycles. The first-order valence-electron chi connectivity index (χ1n) is 7.70. The van der Waals surface area contributed by atoms with Crippen molar-refractivity contribution >= 4 is 15.9 Å². The maximum absolute atomic E-state index is 5.86. The van der Waals surface area contributed by atoms with Gasteiger partial charge in [0.2, 0.25) is 0 Å². The van der Waals surface area contributed by atoms with E-state index in [9.17, 15) is 0 Å². The van der Waals surface area contributed by atoms with Crippen LogP contribution in [0.15, 0.2) is 81.9 Å². The van der Waals surface area contributed by atoms with E-state index in [4.69, 9.17) is 9.52 Å². The number of furan rings is 1. The van der Waals surface area contributed by atoms with Gasteiger partial charge in [0.15, 0.2) is 10.4 Å². The second-order valence-corrected chi connectivity index (χ2v) is 6.31. The predicted octanol–water partition coefficient (Wildman–Crippen LogP) is 5.87. The highest BCUT2D eigenvalue weighted by Crippen LogP contribution is 2.37. The zero-order valence-electron chi connectivity index (χ0n) is 13.1. The van der Waals surface area contributed by atoms with Crippen LogP contribution in [-0.4, -0.2) is 9.78 Å². The Morgan fingerprint density at radius 3 is 2.17 bits per heavy atom. The van der Waals surface area contributed by atoms with Crippen LogP contribution in [0.25, 0.3) is 28.3 Å². The van der Waals surface area contributed by atoms with Crippen molar-refractivity contribution in [2.45, 2.75) is 6.92 Å². The van der Waals surface area contributed by atoms with Crippen molar-refractivity contribution < 1.29 is 4.42 Å². The molecular weight excluding hydrogens is 364 g/mol. The van der Waals surface area contributed by atoms with Gasteiger partial charge in [-0.3, -0.25) is 0 Å². The number of para-hydroxylation sites is 1. The fourth-order valence-corrected chi connectivity index (χ4v) is 3.21. The number of benzene rings is 2. The van der Waals surface area contributed by atoms with Crippen LogP contribution in [0.4, 0.5) is 0 Å². The number of rotatable bonds is 3. The molecule has 0 amide bonds. The van der Waals surface area contributed by atoms with E-state index in [1.807, 2.05) is 72.3 Å². The molecule has 0 aliphatic carbocycles. The smallest absolute Gasteiger partial charge is 0.169 e. The molecule has 3 nitrogen and oxygen atoms in total. The first kappa shape index (κ1) is 15.0. The Kier molecular flexibility index (Phi) is 3.82. The van der Waals surface area contributed by atoms with E-state index in [0.29, 0.717) is 4.67 Å². The van der Waals surface area contributed by atoms with Crippen LogP contribution in [0.1, 0.15) is 5.69 Å². The van der Waals surface area contributed by atoms with E-state index >= 15 is 0 Å². The summed E-state index contributed by atoms with van der Waals surface area (Å²) in [6.45, 7) is 2.03. The molecule has 4 aromatic rings. The summed E-state index contributed by atoms with van der Waals surface area (Å²) in [4.78, 5) is 0. The standard InChI is InChI=1S/C20H15BrN2O/c1-14-19(15-8-4-2-5-9-15)20(17-12-13-18(21)24-17)23(22-14)16-10-6-3-7-11-16/h2-13H,1H3. The van der Waals surface area contributed by atoms with Gasteiger partial charge in [-0.25, -0.2) is 4.68 Å². The van der Waals surface area contributed by atoms with Crippen molar-refractivity contribution in [3.05, 3.63) is 83.2 Å². The Hall–Kier alpha value is -2.59. The molecule has 0 saturated carbocycles. The number of nitrogens with zero attached hydrogens (tertiary/aromatic N) is 2. The Morgan fingerprint density at radius 1 is 0.875 bits per heavy atom. The average molecular weight is 379 g/mol. The van der Waals surface area contributed by atoms with Crippen molar-refractivity contribution in [2.24, 2.45) is 0 Å². The monoisotopic (exact) mass is 378 g/mol. The Morgan fingerprint density at radius 2 is 1.54 bits per heavy atom. The van der Waals surface area contributed by atoms with Gasteiger partial charge in [-0.2, -0.15) is 5.10 Å². The number of halogens is 1. The Bertz CT molecular complexity index is 972. The molecule has 0 atom stereocenters.